The van der Waals surface area contributed by atoms with E-state index in [-0.39, 0.29) is 5.91 Å². The number of carbonyl (C=O) groups excluding carboxylic acids is 1. The Hall–Kier alpha value is -2.87. The highest BCUT2D eigenvalue weighted by molar-refractivity contribution is 6.27. The Kier molecular flexibility index (Phi) is 6.09. The number of carboxylic acids is 2. The maximum absolute atomic E-state index is 11.3. The second-order valence-corrected chi connectivity index (χ2v) is 4.39. The fourth-order valence-electron chi connectivity index (χ4n) is 1.82. The average Bonchev–Trinajstić information content (AvgIpc) is 2.90. The molecule has 6 N–H and O–H groups in total. The molecule has 2 aromatic rings. The molecule has 8 nitrogen and oxygen atoms in total. The minimum atomic E-state index is -1.82. The molecule has 0 aliphatic rings. The fourth-order valence-corrected chi connectivity index (χ4v) is 1.82. The average molecular weight is 307 g/mol. The Labute approximate surface area is 125 Å². The smallest absolute Gasteiger partial charge is 0.414 e. The highest BCUT2D eigenvalue weighted by atomic mass is 16.4. The van der Waals surface area contributed by atoms with Gasteiger partial charge >= 0.3 is 11.9 Å². The van der Waals surface area contributed by atoms with Crippen LogP contribution in [0.25, 0.3) is 10.9 Å². The van der Waals surface area contributed by atoms with Crippen molar-refractivity contribution in [2.75, 3.05) is 7.05 Å². The zero-order valence-electron chi connectivity index (χ0n) is 11.9. The van der Waals surface area contributed by atoms with Gasteiger partial charge in [0.05, 0.1) is 6.04 Å². The highest BCUT2D eigenvalue weighted by Crippen LogP contribution is 2.18. The Bertz CT molecular complexity index is 668. The van der Waals surface area contributed by atoms with Gasteiger partial charge in [0.25, 0.3) is 0 Å². The zero-order chi connectivity index (χ0) is 16.7. The second kappa shape index (κ2) is 7.79. The Morgan fingerprint density at radius 1 is 1.23 bits per heavy atom. The predicted octanol–water partition coefficient (Wildman–Crippen LogP) is -0.0607. The van der Waals surface area contributed by atoms with Crippen molar-refractivity contribution in [3.63, 3.8) is 0 Å². The standard InChI is InChI=1S/C12H15N3O.C2H2O4/c1-14-12(16)10(13)6-8-7-15-11-5-3-2-4-9(8)11;3-1(4)2(5)6/h2-5,7,10,15H,6,13H2,1H3,(H,14,16);(H,3,4)(H,5,6). The van der Waals surface area contributed by atoms with Crippen molar-refractivity contribution in [2.45, 2.75) is 12.5 Å². The molecule has 8 heteroatoms. The number of likely N-dealkylation sites (N-methyl/N-ethyl adjacent to an activating group) is 1. The summed E-state index contributed by atoms with van der Waals surface area (Å²) < 4.78 is 0. The first-order valence-electron chi connectivity index (χ1n) is 6.35. The molecule has 0 saturated carbocycles. The lowest BCUT2D eigenvalue weighted by molar-refractivity contribution is -0.159. The molecule has 0 aliphatic carbocycles. The van der Waals surface area contributed by atoms with Gasteiger partial charge in [0.15, 0.2) is 0 Å². The lowest BCUT2D eigenvalue weighted by Gasteiger charge is -2.08. The van der Waals surface area contributed by atoms with E-state index < -0.39 is 18.0 Å². The van der Waals surface area contributed by atoms with Crippen LogP contribution in [0.1, 0.15) is 5.56 Å². The van der Waals surface area contributed by atoms with Gasteiger partial charge < -0.3 is 26.2 Å². The topological polar surface area (TPSA) is 146 Å². The van der Waals surface area contributed by atoms with Crippen LogP contribution in [0.15, 0.2) is 30.5 Å². The van der Waals surface area contributed by atoms with Crippen molar-refractivity contribution >= 4 is 28.7 Å². The summed E-state index contributed by atoms with van der Waals surface area (Å²) in [5, 5.41) is 18.5. The minimum absolute atomic E-state index is 0.134. The maximum atomic E-state index is 11.3. The molecule has 0 bridgehead atoms. The van der Waals surface area contributed by atoms with Crippen LogP contribution in [0.5, 0.6) is 0 Å². The summed E-state index contributed by atoms with van der Waals surface area (Å²) >= 11 is 0. The van der Waals surface area contributed by atoms with E-state index in [9.17, 15) is 4.79 Å². The third-order valence-electron chi connectivity index (χ3n) is 2.88. The number of aliphatic carboxylic acids is 2. The van der Waals surface area contributed by atoms with Crippen molar-refractivity contribution < 1.29 is 24.6 Å². The van der Waals surface area contributed by atoms with E-state index in [1.165, 1.54) is 0 Å². The number of benzene rings is 1. The van der Waals surface area contributed by atoms with Crippen molar-refractivity contribution in [2.24, 2.45) is 5.73 Å². The van der Waals surface area contributed by atoms with Gasteiger partial charge in [-0.3, -0.25) is 4.79 Å². The van der Waals surface area contributed by atoms with Crippen LogP contribution in [0.3, 0.4) is 0 Å². The summed E-state index contributed by atoms with van der Waals surface area (Å²) in [5.41, 5.74) is 7.93. The van der Waals surface area contributed by atoms with Crippen molar-refractivity contribution in [3.8, 4) is 0 Å². The van der Waals surface area contributed by atoms with E-state index in [0.29, 0.717) is 6.42 Å². The molecular weight excluding hydrogens is 290 g/mol. The normalized spacial score (nSPS) is 11.2. The summed E-state index contributed by atoms with van der Waals surface area (Å²) in [7, 11) is 1.59. The van der Waals surface area contributed by atoms with Crippen LogP contribution in [0, 0.1) is 0 Å². The Morgan fingerprint density at radius 2 is 1.82 bits per heavy atom. The number of hydrogen-bond acceptors (Lipinski definition) is 4. The number of aromatic nitrogens is 1. The molecular formula is C14H17N3O5. The molecule has 22 heavy (non-hydrogen) atoms. The summed E-state index contributed by atoms with van der Waals surface area (Å²) in [6.07, 6.45) is 2.46. The van der Waals surface area contributed by atoms with Gasteiger partial charge in [-0.2, -0.15) is 0 Å². The summed E-state index contributed by atoms with van der Waals surface area (Å²) in [6.45, 7) is 0. The molecule has 0 aliphatic heterocycles. The van der Waals surface area contributed by atoms with E-state index in [0.717, 1.165) is 16.5 Å². The number of aromatic amines is 1. The number of amides is 1. The number of H-pyrrole nitrogens is 1. The molecule has 1 unspecified atom stereocenters. The van der Waals surface area contributed by atoms with Gasteiger partial charge in [0.2, 0.25) is 5.91 Å². The quantitative estimate of drug-likeness (QED) is 0.502. The van der Waals surface area contributed by atoms with Gasteiger partial charge in [-0.15, -0.1) is 0 Å². The Balaban J connectivity index is 0.000000346. The molecule has 0 fully saturated rings. The van der Waals surface area contributed by atoms with Crippen molar-refractivity contribution in [1.29, 1.82) is 0 Å². The van der Waals surface area contributed by atoms with Crippen LogP contribution < -0.4 is 11.1 Å². The number of nitrogens with two attached hydrogens (primary N) is 1. The lowest BCUT2D eigenvalue weighted by Crippen LogP contribution is -2.40. The van der Waals surface area contributed by atoms with Crippen LogP contribution in [-0.2, 0) is 20.8 Å². The number of para-hydroxylation sites is 1. The summed E-state index contributed by atoms with van der Waals surface area (Å²) in [4.78, 5) is 32.7. The number of carbonyl (C=O) groups is 3. The SMILES string of the molecule is CNC(=O)C(N)Cc1c[nH]c2ccccc12.O=C(O)C(=O)O. The van der Waals surface area contributed by atoms with E-state index >= 15 is 0 Å². The zero-order valence-corrected chi connectivity index (χ0v) is 11.9. The highest BCUT2D eigenvalue weighted by Gasteiger charge is 2.14. The monoisotopic (exact) mass is 307 g/mol. The molecule has 0 spiro atoms. The van der Waals surface area contributed by atoms with Gasteiger partial charge in [-0.1, -0.05) is 18.2 Å². The lowest BCUT2D eigenvalue weighted by atomic mass is 10.1. The molecule has 1 heterocycles. The molecule has 1 aromatic carbocycles. The van der Waals surface area contributed by atoms with Gasteiger partial charge in [0.1, 0.15) is 0 Å². The van der Waals surface area contributed by atoms with Crippen molar-refractivity contribution in [3.05, 3.63) is 36.0 Å². The largest absolute Gasteiger partial charge is 0.473 e. The first kappa shape index (κ1) is 17.2. The minimum Gasteiger partial charge on any atom is -0.473 e. The first-order valence-corrected chi connectivity index (χ1v) is 6.35. The van der Waals surface area contributed by atoms with Gasteiger partial charge in [-0.25, -0.2) is 9.59 Å². The van der Waals surface area contributed by atoms with Crippen LogP contribution in [0.2, 0.25) is 0 Å². The molecule has 2 rings (SSSR count). The van der Waals surface area contributed by atoms with E-state index in [2.05, 4.69) is 10.3 Å². The molecule has 1 amide bonds. The third kappa shape index (κ3) is 4.60. The molecule has 0 saturated heterocycles. The maximum Gasteiger partial charge on any atom is 0.414 e. The van der Waals surface area contributed by atoms with Crippen LogP contribution in [0.4, 0.5) is 0 Å². The number of carboxylic acid groups (broad SMARTS) is 2. The Morgan fingerprint density at radius 3 is 2.36 bits per heavy atom. The first-order chi connectivity index (χ1) is 10.4. The van der Waals surface area contributed by atoms with Crippen LogP contribution >= 0.6 is 0 Å². The van der Waals surface area contributed by atoms with E-state index in [1.807, 2.05) is 30.5 Å². The molecule has 0 radical (unpaired) electrons. The van der Waals surface area contributed by atoms with Crippen molar-refractivity contribution in [1.82, 2.24) is 10.3 Å². The van der Waals surface area contributed by atoms with Gasteiger partial charge in [0, 0.05) is 24.1 Å². The number of nitrogens with one attached hydrogen (secondary N) is 2. The predicted molar refractivity (Wildman–Crippen MR) is 79.3 cm³/mol. The number of rotatable bonds is 3. The second-order valence-electron chi connectivity index (χ2n) is 4.39. The number of hydrogen-bond donors (Lipinski definition) is 5. The fraction of sp³-hybridized carbons (Fsp3) is 0.214. The van der Waals surface area contributed by atoms with E-state index in [1.54, 1.807) is 7.05 Å². The third-order valence-corrected chi connectivity index (χ3v) is 2.88. The molecule has 118 valence electrons. The molecule has 1 atom stereocenters. The van der Waals surface area contributed by atoms with E-state index in [4.69, 9.17) is 25.5 Å². The summed E-state index contributed by atoms with van der Waals surface area (Å²) in [5.74, 6) is -3.78. The van der Waals surface area contributed by atoms with Crippen LogP contribution in [-0.4, -0.2) is 46.1 Å². The number of fused-ring (bicyclic) bond motifs is 1. The van der Waals surface area contributed by atoms with Gasteiger partial charge in [-0.05, 0) is 18.1 Å². The molecule has 1 aromatic heterocycles. The summed E-state index contributed by atoms with van der Waals surface area (Å²) in [6, 6.07) is 7.48.